The number of nitrogens with one attached hydrogen (secondary N) is 1. The van der Waals surface area contributed by atoms with Crippen LogP contribution in [0.25, 0.3) is 0 Å². The Labute approximate surface area is 61.0 Å². The van der Waals surface area contributed by atoms with Gasteiger partial charge in [0.15, 0.2) is 0 Å². The van der Waals surface area contributed by atoms with Gasteiger partial charge in [-0.3, -0.25) is 4.79 Å². The number of hydrogen-bond acceptors (Lipinski definition) is 1. The molecular formula is C8H13NO. The van der Waals surface area contributed by atoms with Gasteiger partial charge in [-0.2, -0.15) is 0 Å². The van der Waals surface area contributed by atoms with Crippen LogP contribution in [0.4, 0.5) is 0 Å². The van der Waals surface area contributed by atoms with E-state index in [2.05, 4.69) is 5.32 Å². The molecule has 2 fully saturated rings. The number of amides is 1. The number of rotatable bonds is 1. The third-order valence-corrected chi connectivity index (χ3v) is 2.73. The van der Waals surface area contributed by atoms with Crippen molar-refractivity contribution in [1.82, 2.24) is 5.32 Å². The molecule has 1 amide bonds. The van der Waals surface area contributed by atoms with Gasteiger partial charge in [-0.15, -0.1) is 0 Å². The van der Waals surface area contributed by atoms with Crippen molar-refractivity contribution in [3.8, 4) is 0 Å². The molecule has 2 rings (SSSR count). The lowest BCUT2D eigenvalue weighted by Gasteiger charge is -2.11. The highest BCUT2D eigenvalue weighted by Gasteiger charge is 2.48. The third-order valence-electron chi connectivity index (χ3n) is 2.73. The Morgan fingerprint density at radius 2 is 2.30 bits per heavy atom. The predicted octanol–water partition coefficient (Wildman–Crippen LogP) is 0.921. The molecular weight excluding hydrogens is 126 g/mol. The number of carbonyl (C=O) groups is 1. The SMILES string of the molecule is CC(=O)NC1CCC2CC21. The van der Waals surface area contributed by atoms with Gasteiger partial charge in [0.25, 0.3) is 0 Å². The maximum Gasteiger partial charge on any atom is 0.217 e. The minimum Gasteiger partial charge on any atom is -0.353 e. The average Bonchev–Trinajstić information content (AvgIpc) is 2.52. The van der Waals surface area contributed by atoms with Crippen LogP contribution in [0.3, 0.4) is 0 Å². The molecule has 0 heterocycles. The monoisotopic (exact) mass is 139 g/mol. The average molecular weight is 139 g/mol. The molecule has 2 heteroatoms. The second-order valence-electron chi connectivity index (χ2n) is 3.54. The van der Waals surface area contributed by atoms with Crippen LogP contribution in [0.1, 0.15) is 26.2 Å². The summed E-state index contributed by atoms with van der Waals surface area (Å²) < 4.78 is 0. The van der Waals surface area contributed by atoms with Crippen LogP contribution < -0.4 is 5.32 Å². The largest absolute Gasteiger partial charge is 0.353 e. The Morgan fingerprint density at radius 3 is 2.70 bits per heavy atom. The van der Waals surface area contributed by atoms with Gasteiger partial charge in [-0.1, -0.05) is 0 Å². The maximum atomic E-state index is 10.7. The van der Waals surface area contributed by atoms with Crippen LogP contribution in [0, 0.1) is 11.8 Å². The molecule has 1 N–H and O–H groups in total. The molecule has 3 unspecified atom stereocenters. The topological polar surface area (TPSA) is 29.1 Å². The highest BCUT2D eigenvalue weighted by atomic mass is 16.1. The summed E-state index contributed by atoms with van der Waals surface area (Å²) in [5, 5.41) is 2.99. The van der Waals surface area contributed by atoms with Gasteiger partial charge in [0.05, 0.1) is 0 Å². The summed E-state index contributed by atoms with van der Waals surface area (Å²) in [4.78, 5) is 10.7. The quantitative estimate of drug-likeness (QED) is 0.575. The summed E-state index contributed by atoms with van der Waals surface area (Å²) in [5.74, 6) is 1.96. The Kier molecular flexibility index (Phi) is 1.22. The van der Waals surface area contributed by atoms with E-state index in [1.165, 1.54) is 19.3 Å². The van der Waals surface area contributed by atoms with Gasteiger partial charge in [0, 0.05) is 13.0 Å². The van der Waals surface area contributed by atoms with Crippen LogP contribution >= 0.6 is 0 Å². The van der Waals surface area contributed by atoms with Crippen molar-refractivity contribution in [3.05, 3.63) is 0 Å². The maximum absolute atomic E-state index is 10.7. The predicted molar refractivity (Wildman–Crippen MR) is 38.4 cm³/mol. The van der Waals surface area contributed by atoms with Gasteiger partial charge in [-0.25, -0.2) is 0 Å². The molecule has 0 bridgehead atoms. The highest BCUT2D eigenvalue weighted by molar-refractivity contribution is 5.73. The number of carbonyl (C=O) groups excluding carboxylic acids is 1. The Bertz CT molecular complexity index is 167. The van der Waals surface area contributed by atoms with E-state index in [0.717, 1.165) is 11.8 Å². The third kappa shape index (κ3) is 0.917. The summed E-state index contributed by atoms with van der Waals surface area (Å²) in [6.45, 7) is 1.61. The van der Waals surface area contributed by atoms with Crippen molar-refractivity contribution in [2.45, 2.75) is 32.2 Å². The van der Waals surface area contributed by atoms with Gasteiger partial charge in [0.2, 0.25) is 5.91 Å². The zero-order valence-electron chi connectivity index (χ0n) is 6.26. The van der Waals surface area contributed by atoms with Crippen LogP contribution in [-0.4, -0.2) is 11.9 Å². The zero-order chi connectivity index (χ0) is 7.14. The molecule has 2 nitrogen and oxygen atoms in total. The summed E-state index contributed by atoms with van der Waals surface area (Å²) in [6, 6.07) is 0.530. The van der Waals surface area contributed by atoms with E-state index in [1.807, 2.05) is 0 Å². The van der Waals surface area contributed by atoms with Gasteiger partial charge in [0.1, 0.15) is 0 Å². The lowest BCUT2D eigenvalue weighted by molar-refractivity contribution is -0.119. The molecule has 3 atom stereocenters. The van der Waals surface area contributed by atoms with E-state index < -0.39 is 0 Å². The first kappa shape index (κ1) is 6.20. The van der Waals surface area contributed by atoms with E-state index in [-0.39, 0.29) is 5.91 Å². The zero-order valence-corrected chi connectivity index (χ0v) is 6.26. The van der Waals surface area contributed by atoms with Crippen molar-refractivity contribution in [2.75, 3.05) is 0 Å². The summed E-state index contributed by atoms with van der Waals surface area (Å²) in [6.07, 6.45) is 3.93. The van der Waals surface area contributed by atoms with Crippen LogP contribution in [0.15, 0.2) is 0 Å². The van der Waals surface area contributed by atoms with Crippen molar-refractivity contribution in [1.29, 1.82) is 0 Å². The highest BCUT2D eigenvalue weighted by Crippen LogP contribution is 2.51. The number of hydrogen-bond donors (Lipinski definition) is 1. The minimum atomic E-state index is 0.137. The van der Waals surface area contributed by atoms with Gasteiger partial charge in [-0.05, 0) is 31.1 Å². The molecule has 10 heavy (non-hydrogen) atoms. The van der Waals surface area contributed by atoms with E-state index in [1.54, 1.807) is 6.92 Å². The van der Waals surface area contributed by atoms with Crippen LogP contribution in [0.2, 0.25) is 0 Å². The molecule has 0 spiro atoms. The summed E-state index contributed by atoms with van der Waals surface area (Å²) in [5.41, 5.74) is 0. The first-order valence-corrected chi connectivity index (χ1v) is 4.04. The molecule has 2 saturated carbocycles. The second kappa shape index (κ2) is 1.97. The summed E-state index contributed by atoms with van der Waals surface area (Å²) in [7, 11) is 0. The van der Waals surface area contributed by atoms with Crippen molar-refractivity contribution in [3.63, 3.8) is 0 Å². The fraction of sp³-hybridized carbons (Fsp3) is 0.875. The second-order valence-corrected chi connectivity index (χ2v) is 3.54. The van der Waals surface area contributed by atoms with Crippen LogP contribution in [0.5, 0.6) is 0 Å². The lowest BCUT2D eigenvalue weighted by Crippen LogP contribution is -2.32. The molecule has 0 aromatic heterocycles. The van der Waals surface area contributed by atoms with Crippen LogP contribution in [-0.2, 0) is 4.79 Å². The van der Waals surface area contributed by atoms with Crippen molar-refractivity contribution >= 4 is 5.91 Å². The summed E-state index contributed by atoms with van der Waals surface area (Å²) >= 11 is 0. The first-order chi connectivity index (χ1) is 4.77. The molecule has 2 aliphatic rings. The standard InChI is InChI=1S/C8H13NO/c1-5(10)9-8-3-2-6-4-7(6)8/h6-8H,2-4H2,1H3,(H,9,10). The molecule has 2 aliphatic carbocycles. The fourth-order valence-corrected chi connectivity index (χ4v) is 2.14. The molecule has 0 saturated heterocycles. The molecule has 0 aliphatic heterocycles. The lowest BCUT2D eigenvalue weighted by atomic mass is 10.2. The van der Waals surface area contributed by atoms with Crippen molar-refractivity contribution < 1.29 is 4.79 Å². The molecule has 0 aromatic rings. The first-order valence-electron chi connectivity index (χ1n) is 4.04. The normalized spacial score (nSPS) is 42.7. The van der Waals surface area contributed by atoms with E-state index in [0.29, 0.717) is 6.04 Å². The Balaban J connectivity index is 1.88. The van der Waals surface area contributed by atoms with E-state index in [4.69, 9.17) is 0 Å². The van der Waals surface area contributed by atoms with Crippen molar-refractivity contribution in [2.24, 2.45) is 11.8 Å². The van der Waals surface area contributed by atoms with E-state index >= 15 is 0 Å². The fourth-order valence-electron chi connectivity index (χ4n) is 2.14. The smallest absolute Gasteiger partial charge is 0.217 e. The number of fused-ring (bicyclic) bond motifs is 1. The van der Waals surface area contributed by atoms with E-state index in [9.17, 15) is 4.79 Å². The van der Waals surface area contributed by atoms with Gasteiger partial charge < -0.3 is 5.32 Å². The Morgan fingerprint density at radius 1 is 1.50 bits per heavy atom. The Hall–Kier alpha value is -0.530. The molecule has 0 radical (unpaired) electrons. The molecule has 56 valence electrons. The molecule has 0 aromatic carbocycles. The minimum absolute atomic E-state index is 0.137. The van der Waals surface area contributed by atoms with Gasteiger partial charge >= 0.3 is 0 Å².